The second-order valence-electron chi connectivity index (χ2n) is 4.04. The van der Waals surface area contributed by atoms with Crippen LogP contribution in [0.1, 0.15) is 5.82 Å². The first-order chi connectivity index (χ1) is 9.70. The highest BCUT2D eigenvalue weighted by Gasteiger charge is 2.10. The van der Waals surface area contributed by atoms with Gasteiger partial charge in [0, 0.05) is 19.1 Å². The maximum atomic E-state index is 9.62. The summed E-state index contributed by atoms with van der Waals surface area (Å²) in [6.45, 7) is 1.62. The molecular weight excluding hydrogens is 328 g/mol. The first-order valence-electron chi connectivity index (χ1n) is 6.09. The number of benzene rings is 1. The normalized spacial score (nSPS) is 10.9. The number of phenolic OH excluding ortho intramolecular Hbond substituents is 1. The number of hydrogen-bond donors (Lipinski definition) is 1. The Balaban J connectivity index is 1.93. The largest absolute Gasteiger partial charge is 0.507 e. The minimum absolute atomic E-state index is 0.130. The molecule has 0 amide bonds. The molecule has 0 aliphatic heterocycles. The Labute approximate surface area is 124 Å². The Morgan fingerprint density at radius 3 is 2.90 bits per heavy atom. The molecule has 1 aromatic carbocycles. The lowest BCUT2D eigenvalue weighted by molar-refractivity contribution is 0.0714. The molecule has 0 aliphatic carbocycles. The van der Waals surface area contributed by atoms with E-state index in [0.717, 1.165) is 0 Å². The maximum absolute atomic E-state index is 9.62. The summed E-state index contributed by atoms with van der Waals surface area (Å²) in [6.07, 6.45) is 0.565. The number of methoxy groups -OCH3 is 1. The topological polar surface area (TPSA) is 77.6 Å². The van der Waals surface area contributed by atoms with E-state index in [1.165, 1.54) is 0 Å². The van der Waals surface area contributed by atoms with E-state index >= 15 is 0 Å². The lowest BCUT2D eigenvalue weighted by Crippen LogP contribution is -2.05. The molecule has 0 atom stereocenters. The number of rotatable bonds is 7. The summed E-state index contributed by atoms with van der Waals surface area (Å²) in [6, 6.07) is 5.08. The second-order valence-corrected chi connectivity index (χ2v) is 4.89. The van der Waals surface area contributed by atoms with E-state index < -0.39 is 0 Å². The van der Waals surface area contributed by atoms with Gasteiger partial charge in [-0.05, 0) is 34.1 Å². The fraction of sp³-hybridized carbons (Fsp3) is 0.385. The molecule has 0 saturated heterocycles. The van der Waals surface area contributed by atoms with Gasteiger partial charge in [0.15, 0.2) is 5.82 Å². The lowest BCUT2D eigenvalue weighted by Gasteiger charge is -2.00. The zero-order chi connectivity index (χ0) is 14.4. The van der Waals surface area contributed by atoms with E-state index in [1.54, 1.807) is 25.3 Å². The molecule has 2 aromatic rings. The van der Waals surface area contributed by atoms with Crippen molar-refractivity contribution in [2.45, 2.75) is 6.42 Å². The fourth-order valence-corrected chi connectivity index (χ4v) is 1.77. The van der Waals surface area contributed by atoms with E-state index in [2.05, 4.69) is 26.1 Å². The molecule has 108 valence electrons. The Hall–Kier alpha value is -1.44. The minimum Gasteiger partial charge on any atom is -0.507 e. The van der Waals surface area contributed by atoms with Crippen molar-refractivity contribution in [3.8, 4) is 17.2 Å². The van der Waals surface area contributed by atoms with E-state index in [0.29, 0.717) is 48.0 Å². The highest BCUT2D eigenvalue weighted by molar-refractivity contribution is 9.10. The molecule has 7 heteroatoms. The van der Waals surface area contributed by atoms with Crippen LogP contribution in [0.4, 0.5) is 0 Å². The average molecular weight is 343 g/mol. The summed E-state index contributed by atoms with van der Waals surface area (Å²) in [5, 5.41) is 13.5. The molecule has 6 nitrogen and oxygen atoms in total. The third-order valence-corrected chi connectivity index (χ3v) is 3.23. The molecular formula is C13H15BrN2O4. The maximum Gasteiger partial charge on any atom is 0.258 e. The van der Waals surface area contributed by atoms with Crippen LogP contribution in [-0.2, 0) is 15.9 Å². The number of aromatic nitrogens is 2. The van der Waals surface area contributed by atoms with Crippen LogP contribution >= 0.6 is 15.9 Å². The SMILES string of the molecule is COCCOCCc1noc(-c2ccc(Br)c(O)c2)n1. The van der Waals surface area contributed by atoms with Crippen LogP contribution in [0.25, 0.3) is 11.5 Å². The predicted molar refractivity (Wildman–Crippen MR) is 75.5 cm³/mol. The van der Waals surface area contributed by atoms with Crippen LogP contribution in [-0.4, -0.2) is 42.2 Å². The van der Waals surface area contributed by atoms with Crippen molar-refractivity contribution in [2.75, 3.05) is 26.9 Å². The van der Waals surface area contributed by atoms with Gasteiger partial charge in [-0.25, -0.2) is 0 Å². The molecule has 0 aliphatic rings. The van der Waals surface area contributed by atoms with Crippen LogP contribution in [0.5, 0.6) is 5.75 Å². The second kappa shape index (κ2) is 7.37. The van der Waals surface area contributed by atoms with Crippen molar-refractivity contribution >= 4 is 15.9 Å². The summed E-state index contributed by atoms with van der Waals surface area (Å²) in [5.41, 5.74) is 0.671. The quantitative estimate of drug-likeness (QED) is 0.778. The number of nitrogens with zero attached hydrogens (tertiary/aromatic N) is 2. The predicted octanol–water partition coefficient (Wildman–Crippen LogP) is 2.41. The van der Waals surface area contributed by atoms with Crippen molar-refractivity contribution in [1.82, 2.24) is 10.1 Å². The van der Waals surface area contributed by atoms with Gasteiger partial charge in [0.25, 0.3) is 5.89 Å². The molecule has 1 heterocycles. The van der Waals surface area contributed by atoms with Crippen molar-refractivity contribution in [3.63, 3.8) is 0 Å². The summed E-state index contributed by atoms with van der Waals surface area (Å²) in [4.78, 5) is 4.25. The molecule has 1 aromatic heterocycles. The van der Waals surface area contributed by atoms with Gasteiger partial charge in [-0.3, -0.25) is 0 Å². The number of hydrogen-bond acceptors (Lipinski definition) is 6. The van der Waals surface area contributed by atoms with Gasteiger partial charge in [0.2, 0.25) is 0 Å². The molecule has 0 bridgehead atoms. The lowest BCUT2D eigenvalue weighted by atomic mass is 10.2. The first kappa shape index (κ1) is 15.0. The number of ether oxygens (including phenoxy) is 2. The monoisotopic (exact) mass is 342 g/mol. The first-order valence-corrected chi connectivity index (χ1v) is 6.88. The van der Waals surface area contributed by atoms with Crippen LogP contribution in [0.15, 0.2) is 27.2 Å². The minimum atomic E-state index is 0.130. The van der Waals surface area contributed by atoms with Gasteiger partial charge in [-0.1, -0.05) is 5.16 Å². The Morgan fingerprint density at radius 2 is 2.15 bits per heavy atom. The molecule has 0 spiro atoms. The van der Waals surface area contributed by atoms with Crippen molar-refractivity contribution in [1.29, 1.82) is 0 Å². The van der Waals surface area contributed by atoms with Crippen molar-refractivity contribution < 1.29 is 19.1 Å². The van der Waals surface area contributed by atoms with Crippen molar-refractivity contribution in [2.24, 2.45) is 0 Å². The van der Waals surface area contributed by atoms with Crippen LogP contribution in [0, 0.1) is 0 Å². The third-order valence-electron chi connectivity index (χ3n) is 2.56. The highest BCUT2D eigenvalue weighted by Crippen LogP contribution is 2.28. The smallest absolute Gasteiger partial charge is 0.258 e. The summed E-state index contributed by atoms with van der Waals surface area (Å²) in [5.74, 6) is 1.07. The number of aromatic hydroxyl groups is 1. The van der Waals surface area contributed by atoms with Crippen LogP contribution in [0.2, 0.25) is 0 Å². The number of halogens is 1. The molecule has 0 fully saturated rings. The van der Waals surface area contributed by atoms with Gasteiger partial charge in [-0.2, -0.15) is 4.98 Å². The van der Waals surface area contributed by atoms with E-state index in [1.807, 2.05) is 0 Å². The molecule has 0 saturated carbocycles. The van der Waals surface area contributed by atoms with E-state index in [4.69, 9.17) is 14.0 Å². The van der Waals surface area contributed by atoms with E-state index in [-0.39, 0.29) is 5.75 Å². The van der Waals surface area contributed by atoms with Gasteiger partial charge >= 0.3 is 0 Å². The van der Waals surface area contributed by atoms with Crippen molar-refractivity contribution in [3.05, 3.63) is 28.5 Å². The zero-order valence-electron chi connectivity index (χ0n) is 11.0. The van der Waals surface area contributed by atoms with Crippen LogP contribution < -0.4 is 0 Å². The molecule has 0 radical (unpaired) electrons. The fourth-order valence-electron chi connectivity index (χ4n) is 1.53. The summed E-state index contributed by atoms with van der Waals surface area (Å²) in [7, 11) is 1.63. The number of phenols is 1. The zero-order valence-corrected chi connectivity index (χ0v) is 12.6. The molecule has 0 unspecified atom stereocenters. The van der Waals surface area contributed by atoms with E-state index in [9.17, 15) is 5.11 Å². The van der Waals surface area contributed by atoms with Gasteiger partial charge in [0.05, 0.1) is 24.3 Å². The highest BCUT2D eigenvalue weighted by atomic mass is 79.9. The van der Waals surface area contributed by atoms with Crippen LogP contribution in [0.3, 0.4) is 0 Å². The average Bonchev–Trinajstić information content (AvgIpc) is 2.90. The Kier molecular flexibility index (Phi) is 5.51. The standard InChI is InChI=1S/C13H15BrN2O4/c1-18-6-7-19-5-4-12-15-13(20-16-12)9-2-3-10(14)11(17)8-9/h2-3,8,17H,4-7H2,1H3. The molecule has 20 heavy (non-hydrogen) atoms. The summed E-state index contributed by atoms with van der Waals surface area (Å²) < 4.78 is 16.0. The van der Waals surface area contributed by atoms with Gasteiger partial charge < -0.3 is 19.1 Å². The Morgan fingerprint density at radius 1 is 1.30 bits per heavy atom. The Bertz CT molecular complexity index is 559. The molecule has 2 rings (SSSR count). The third kappa shape index (κ3) is 4.03. The molecule has 1 N–H and O–H groups in total. The van der Waals surface area contributed by atoms with Gasteiger partial charge in [-0.15, -0.1) is 0 Å². The summed E-state index contributed by atoms with van der Waals surface area (Å²) >= 11 is 3.22. The van der Waals surface area contributed by atoms with Gasteiger partial charge in [0.1, 0.15) is 5.75 Å².